The molecule has 128 valence electrons. The molecule has 0 bridgehead atoms. The predicted molar refractivity (Wildman–Crippen MR) is 85.0 cm³/mol. The third-order valence-electron chi connectivity index (χ3n) is 4.71. The van der Waals surface area contributed by atoms with Crippen LogP contribution in [0, 0.1) is 0 Å². The summed E-state index contributed by atoms with van der Waals surface area (Å²) in [4.78, 5) is 21.0. The predicted octanol–water partition coefficient (Wildman–Crippen LogP) is 0.431. The molecule has 0 unspecified atom stereocenters. The molecule has 0 N–H and O–H groups in total. The number of aryl methyl sites for hydroxylation is 1. The summed E-state index contributed by atoms with van der Waals surface area (Å²) in [5, 5.41) is 0. The van der Waals surface area contributed by atoms with Crippen molar-refractivity contribution >= 4 is 5.91 Å². The third kappa shape index (κ3) is 3.91. The highest BCUT2D eigenvalue weighted by Gasteiger charge is 2.30. The van der Waals surface area contributed by atoms with Crippen molar-refractivity contribution < 1.29 is 14.3 Å². The first-order chi connectivity index (χ1) is 11.1. The SMILES string of the molecule is CN1CCN(C(=O)COC[C@@H]2CCCO2)C[C@@H]1c1nccn1C. The molecule has 23 heavy (non-hydrogen) atoms. The third-order valence-corrected chi connectivity index (χ3v) is 4.71. The van der Waals surface area contributed by atoms with Crippen LogP contribution in [0.1, 0.15) is 24.7 Å². The van der Waals surface area contributed by atoms with Gasteiger partial charge in [0.15, 0.2) is 0 Å². The van der Waals surface area contributed by atoms with Gasteiger partial charge in [0.2, 0.25) is 5.91 Å². The molecule has 1 amide bonds. The maximum Gasteiger partial charge on any atom is 0.248 e. The van der Waals surface area contributed by atoms with E-state index in [0.717, 1.165) is 38.4 Å². The molecule has 3 heterocycles. The standard InChI is InChI=1S/C16H26N4O3/c1-18-7-8-20(10-14(18)16-17-5-6-19(16)2)15(21)12-22-11-13-4-3-9-23-13/h5-6,13-14H,3-4,7-12H2,1-2H3/t13-,14+/m0/s1. The molecule has 0 saturated carbocycles. The fourth-order valence-electron chi connectivity index (χ4n) is 3.22. The first-order valence-corrected chi connectivity index (χ1v) is 8.29. The number of nitrogens with zero attached hydrogens (tertiary/aromatic N) is 4. The molecule has 1 aromatic rings. The number of imidazole rings is 1. The Morgan fingerprint density at radius 1 is 1.43 bits per heavy atom. The van der Waals surface area contributed by atoms with Crippen LogP contribution in [0.2, 0.25) is 0 Å². The fourth-order valence-corrected chi connectivity index (χ4v) is 3.22. The lowest BCUT2D eigenvalue weighted by Crippen LogP contribution is -2.50. The zero-order valence-electron chi connectivity index (χ0n) is 14.0. The minimum absolute atomic E-state index is 0.0512. The lowest BCUT2D eigenvalue weighted by Gasteiger charge is -2.39. The van der Waals surface area contributed by atoms with E-state index in [-0.39, 0.29) is 24.7 Å². The molecule has 0 radical (unpaired) electrons. The number of aromatic nitrogens is 2. The Balaban J connectivity index is 1.51. The van der Waals surface area contributed by atoms with Crippen molar-refractivity contribution in [3.05, 3.63) is 18.2 Å². The van der Waals surface area contributed by atoms with Crippen LogP contribution in [0.15, 0.2) is 12.4 Å². The molecule has 2 atom stereocenters. The molecular formula is C16H26N4O3. The molecule has 0 aliphatic carbocycles. The summed E-state index contributed by atoms with van der Waals surface area (Å²) in [6, 6.07) is 0.130. The number of carbonyl (C=O) groups excluding carboxylic acids is 1. The normalized spacial score (nSPS) is 25.9. The number of piperazine rings is 1. The van der Waals surface area contributed by atoms with Gasteiger partial charge in [0.1, 0.15) is 12.4 Å². The summed E-state index contributed by atoms with van der Waals surface area (Å²) in [6.45, 7) is 3.70. The topological polar surface area (TPSA) is 59.8 Å². The number of rotatable bonds is 5. The summed E-state index contributed by atoms with van der Waals surface area (Å²) in [7, 11) is 4.07. The number of ether oxygens (including phenoxy) is 2. The number of hydrogen-bond donors (Lipinski definition) is 0. The van der Waals surface area contributed by atoms with Crippen molar-refractivity contribution in [2.24, 2.45) is 7.05 Å². The second-order valence-corrected chi connectivity index (χ2v) is 6.38. The number of likely N-dealkylation sites (N-methyl/N-ethyl adjacent to an activating group) is 1. The van der Waals surface area contributed by atoms with Gasteiger partial charge in [0.05, 0.1) is 18.8 Å². The van der Waals surface area contributed by atoms with Gasteiger partial charge in [-0.1, -0.05) is 0 Å². The summed E-state index contributed by atoms with van der Waals surface area (Å²) in [5.74, 6) is 1.04. The van der Waals surface area contributed by atoms with E-state index in [2.05, 4.69) is 16.9 Å². The van der Waals surface area contributed by atoms with Gasteiger partial charge in [-0.15, -0.1) is 0 Å². The van der Waals surface area contributed by atoms with Crippen molar-refractivity contribution in [2.75, 3.05) is 46.5 Å². The first kappa shape index (κ1) is 16.4. The van der Waals surface area contributed by atoms with Gasteiger partial charge in [-0.05, 0) is 19.9 Å². The number of hydrogen-bond acceptors (Lipinski definition) is 5. The molecule has 7 nitrogen and oxygen atoms in total. The molecule has 0 spiro atoms. The average molecular weight is 322 g/mol. The van der Waals surface area contributed by atoms with E-state index in [4.69, 9.17) is 9.47 Å². The van der Waals surface area contributed by atoms with Gasteiger partial charge in [0, 0.05) is 45.7 Å². The van der Waals surface area contributed by atoms with Gasteiger partial charge >= 0.3 is 0 Å². The van der Waals surface area contributed by atoms with Gasteiger partial charge in [-0.2, -0.15) is 0 Å². The van der Waals surface area contributed by atoms with Crippen molar-refractivity contribution in [1.82, 2.24) is 19.4 Å². The van der Waals surface area contributed by atoms with Crippen LogP contribution >= 0.6 is 0 Å². The zero-order valence-corrected chi connectivity index (χ0v) is 14.0. The second-order valence-electron chi connectivity index (χ2n) is 6.38. The van der Waals surface area contributed by atoms with Crippen LogP contribution in [0.5, 0.6) is 0 Å². The van der Waals surface area contributed by atoms with E-state index in [0.29, 0.717) is 13.2 Å². The van der Waals surface area contributed by atoms with Crippen molar-refractivity contribution in [1.29, 1.82) is 0 Å². The van der Waals surface area contributed by atoms with Crippen LogP contribution in [0.4, 0.5) is 0 Å². The van der Waals surface area contributed by atoms with Crippen molar-refractivity contribution in [2.45, 2.75) is 25.0 Å². The minimum atomic E-state index is 0.0512. The quantitative estimate of drug-likeness (QED) is 0.787. The molecule has 2 aliphatic heterocycles. The highest BCUT2D eigenvalue weighted by atomic mass is 16.5. The largest absolute Gasteiger partial charge is 0.376 e. The smallest absolute Gasteiger partial charge is 0.248 e. The highest BCUT2D eigenvalue weighted by Crippen LogP contribution is 2.22. The van der Waals surface area contributed by atoms with Gasteiger partial charge in [0.25, 0.3) is 0 Å². The van der Waals surface area contributed by atoms with E-state index < -0.39 is 0 Å². The van der Waals surface area contributed by atoms with Crippen LogP contribution in [-0.2, 0) is 21.3 Å². The molecule has 2 saturated heterocycles. The van der Waals surface area contributed by atoms with Gasteiger partial charge < -0.3 is 18.9 Å². The van der Waals surface area contributed by atoms with E-state index in [1.54, 1.807) is 6.20 Å². The Labute approximate surface area is 137 Å². The number of carbonyl (C=O) groups is 1. The summed E-state index contributed by atoms with van der Waals surface area (Å²) in [6.07, 6.45) is 6.02. The maximum absolute atomic E-state index is 12.4. The molecule has 2 fully saturated rings. The molecule has 3 rings (SSSR count). The molecule has 2 aliphatic rings. The fraction of sp³-hybridized carbons (Fsp3) is 0.750. The van der Waals surface area contributed by atoms with E-state index in [9.17, 15) is 4.79 Å². The number of amides is 1. The second kappa shape index (κ2) is 7.42. The molecule has 7 heteroatoms. The van der Waals surface area contributed by atoms with Crippen molar-refractivity contribution in [3.8, 4) is 0 Å². The lowest BCUT2D eigenvalue weighted by atomic mass is 10.1. The Morgan fingerprint density at radius 2 is 2.30 bits per heavy atom. The Kier molecular flexibility index (Phi) is 5.30. The first-order valence-electron chi connectivity index (χ1n) is 8.29. The van der Waals surface area contributed by atoms with Gasteiger partial charge in [-0.25, -0.2) is 4.98 Å². The summed E-state index contributed by atoms with van der Waals surface area (Å²) >= 11 is 0. The maximum atomic E-state index is 12.4. The van der Waals surface area contributed by atoms with E-state index in [1.807, 2.05) is 22.7 Å². The van der Waals surface area contributed by atoms with Crippen LogP contribution in [0.3, 0.4) is 0 Å². The summed E-state index contributed by atoms with van der Waals surface area (Å²) in [5.41, 5.74) is 0. The van der Waals surface area contributed by atoms with Crippen LogP contribution in [0.25, 0.3) is 0 Å². The molecule has 0 aromatic carbocycles. The Hall–Kier alpha value is -1.44. The Morgan fingerprint density at radius 3 is 3.00 bits per heavy atom. The monoisotopic (exact) mass is 322 g/mol. The van der Waals surface area contributed by atoms with Crippen LogP contribution < -0.4 is 0 Å². The average Bonchev–Trinajstić information content (AvgIpc) is 3.19. The van der Waals surface area contributed by atoms with Crippen molar-refractivity contribution in [3.63, 3.8) is 0 Å². The van der Waals surface area contributed by atoms with Gasteiger partial charge in [-0.3, -0.25) is 9.69 Å². The lowest BCUT2D eigenvalue weighted by molar-refractivity contribution is -0.140. The highest BCUT2D eigenvalue weighted by molar-refractivity contribution is 5.77. The van der Waals surface area contributed by atoms with Crippen LogP contribution in [-0.4, -0.2) is 77.9 Å². The van der Waals surface area contributed by atoms with E-state index in [1.165, 1.54) is 0 Å². The van der Waals surface area contributed by atoms with E-state index >= 15 is 0 Å². The Bertz CT molecular complexity index is 527. The summed E-state index contributed by atoms with van der Waals surface area (Å²) < 4.78 is 13.1. The molecule has 1 aromatic heterocycles. The minimum Gasteiger partial charge on any atom is -0.376 e. The zero-order chi connectivity index (χ0) is 16.2. The molecular weight excluding hydrogens is 296 g/mol.